The van der Waals surface area contributed by atoms with Gasteiger partial charge in [-0.3, -0.25) is 4.79 Å². The number of carbonyl (C=O) groups excluding carboxylic acids is 1. The third-order valence-corrected chi connectivity index (χ3v) is 8.12. The molecule has 7 atom stereocenters. The molecule has 4 aliphatic rings. The molecule has 4 aliphatic carbocycles. The van der Waals surface area contributed by atoms with Crippen LogP contribution in [-0.4, -0.2) is 17.0 Å². The van der Waals surface area contributed by atoms with E-state index in [1.165, 1.54) is 25.7 Å². The lowest BCUT2D eigenvalue weighted by Gasteiger charge is -2.57. The van der Waals surface area contributed by atoms with E-state index in [0.717, 1.165) is 49.9 Å². The second-order valence-corrected chi connectivity index (χ2v) is 9.17. The van der Waals surface area contributed by atoms with Crippen molar-refractivity contribution in [1.29, 1.82) is 0 Å². The summed E-state index contributed by atoms with van der Waals surface area (Å²) in [5.41, 5.74) is 0.387. The molecule has 2 nitrogen and oxygen atoms in total. The van der Waals surface area contributed by atoms with Crippen LogP contribution in [0.25, 0.3) is 0 Å². The third-order valence-electron chi connectivity index (χ3n) is 8.12. The van der Waals surface area contributed by atoms with Crippen LogP contribution in [0.15, 0.2) is 0 Å². The molecular formula is C19H30O2. The summed E-state index contributed by atoms with van der Waals surface area (Å²) in [6, 6.07) is 0. The zero-order chi connectivity index (χ0) is 14.8. The van der Waals surface area contributed by atoms with Crippen molar-refractivity contribution in [2.75, 3.05) is 0 Å². The van der Waals surface area contributed by atoms with Crippen LogP contribution < -0.4 is 0 Å². The first-order chi connectivity index (χ1) is 9.92. The molecule has 0 aromatic heterocycles. The molecular weight excluding hydrogens is 260 g/mol. The molecule has 0 amide bonds. The lowest BCUT2D eigenvalue weighted by molar-refractivity contribution is -0.135. The van der Waals surface area contributed by atoms with E-state index >= 15 is 0 Å². The average Bonchev–Trinajstić information content (AvgIpc) is 2.72. The monoisotopic (exact) mass is 290 g/mol. The van der Waals surface area contributed by atoms with Crippen LogP contribution in [0.1, 0.15) is 71.6 Å². The number of Topliss-reactive ketones (excluding diaryl/α,β-unsaturated/α-hetero) is 1. The van der Waals surface area contributed by atoms with E-state index in [4.69, 9.17) is 0 Å². The van der Waals surface area contributed by atoms with E-state index in [-0.39, 0.29) is 11.5 Å². The van der Waals surface area contributed by atoms with Gasteiger partial charge in [0, 0.05) is 11.8 Å². The van der Waals surface area contributed by atoms with Gasteiger partial charge in [0.05, 0.1) is 6.10 Å². The molecule has 4 fully saturated rings. The molecule has 4 saturated carbocycles. The van der Waals surface area contributed by atoms with Crippen LogP contribution in [0.2, 0.25) is 0 Å². The Morgan fingerprint density at radius 3 is 2.71 bits per heavy atom. The second-order valence-electron chi connectivity index (χ2n) is 9.17. The minimum atomic E-state index is -0.0651. The van der Waals surface area contributed by atoms with Crippen molar-refractivity contribution in [1.82, 2.24) is 0 Å². The molecule has 118 valence electrons. The molecule has 0 aromatic rings. The highest BCUT2D eigenvalue weighted by atomic mass is 16.3. The molecule has 4 unspecified atom stereocenters. The molecule has 0 heterocycles. The van der Waals surface area contributed by atoms with Crippen molar-refractivity contribution >= 4 is 5.78 Å². The fourth-order valence-corrected chi connectivity index (χ4v) is 6.88. The van der Waals surface area contributed by atoms with Crippen LogP contribution >= 0.6 is 0 Å². The normalized spacial score (nSPS) is 56.5. The number of fused-ring (bicyclic) bond motifs is 4. The van der Waals surface area contributed by atoms with Gasteiger partial charge in [0.15, 0.2) is 0 Å². The lowest BCUT2D eigenvalue weighted by Crippen LogP contribution is -2.50. The topological polar surface area (TPSA) is 37.3 Å². The summed E-state index contributed by atoms with van der Waals surface area (Å²) < 4.78 is 0. The molecule has 0 radical (unpaired) electrons. The standard InChI is InChI=1S/C19H30O2/c1-18-10-12-7-8-19(2)16(5-6-17(19)21)15(12)9-13(18)3-4-14(20)11-18/h12-16,20H,3-11H2,1-2H3/t12?,13-,14?,15+,16?,18?,19-/m1/s1. The van der Waals surface area contributed by atoms with Gasteiger partial charge in [0.2, 0.25) is 0 Å². The summed E-state index contributed by atoms with van der Waals surface area (Å²) in [7, 11) is 0. The van der Waals surface area contributed by atoms with E-state index in [9.17, 15) is 9.90 Å². The van der Waals surface area contributed by atoms with E-state index < -0.39 is 0 Å². The molecule has 1 N–H and O–H groups in total. The Morgan fingerprint density at radius 2 is 1.90 bits per heavy atom. The lowest BCUT2D eigenvalue weighted by atomic mass is 9.48. The van der Waals surface area contributed by atoms with E-state index in [1.807, 2.05) is 0 Å². The number of rotatable bonds is 0. The smallest absolute Gasteiger partial charge is 0.139 e. The number of ketones is 1. The van der Waals surface area contributed by atoms with Gasteiger partial charge in [-0.2, -0.15) is 0 Å². The maximum absolute atomic E-state index is 12.4. The predicted molar refractivity (Wildman–Crippen MR) is 82.7 cm³/mol. The quantitative estimate of drug-likeness (QED) is 0.733. The SMILES string of the molecule is CC12CC(O)CC[C@@H]1C[C@H]1C(CC[C@@]3(C)C(=O)CCC13)C2. The van der Waals surface area contributed by atoms with Gasteiger partial charge in [0.1, 0.15) is 5.78 Å². The first kappa shape index (κ1) is 14.2. The first-order valence-electron chi connectivity index (χ1n) is 9.14. The van der Waals surface area contributed by atoms with Crippen molar-refractivity contribution in [3.63, 3.8) is 0 Å². The molecule has 21 heavy (non-hydrogen) atoms. The maximum atomic E-state index is 12.4. The van der Waals surface area contributed by atoms with Crippen molar-refractivity contribution in [3.8, 4) is 0 Å². The Kier molecular flexibility index (Phi) is 3.10. The number of aliphatic hydroxyl groups excluding tert-OH is 1. The average molecular weight is 290 g/mol. The van der Waals surface area contributed by atoms with Crippen molar-refractivity contribution in [2.24, 2.45) is 34.5 Å². The summed E-state index contributed by atoms with van der Waals surface area (Å²) in [5.74, 6) is 3.63. The van der Waals surface area contributed by atoms with Gasteiger partial charge < -0.3 is 5.11 Å². The number of aliphatic hydroxyl groups is 1. The van der Waals surface area contributed by atoms with Crippen LogP contribution in [-0.2, 0) is 4.79 Å². The zero-order valence-corrected chi connectivity index (χ0v) is 13.6. The van der Waals surface area contributed by atoms with Gasteiger partial charge in [-0.05, 0) is 80.5 Å². The number of carbonyl (C=O) groups is 1. The van der Waals surface area contributed by atoms with Gasteiger partial charge in [-0.25, -0.2) is 0 Å². The van der Waals surface area contributed by atoms with E-state index in [0.29, 0.717) is 17.1 Å². The molecule has 4 rings (SSSR count). The number of hydrogen-bond acceptors (Lipinski definition) is 2. The highest BCUT2D eigenvalue weighted by molar-refractivity contribution is 5.87. The maximum Gasteiger partial charge on any atom is 0.139 e. The predicted octanol–water partition coefficient (Wildman–Crippen LogP) is 3.96. The van der Waals surface area contributed by atoms with Gasteiger partial charge >= 0.3 is 0 Å². The van der Waals surface area contributed by atoms with E-state index in [2.05, 4.69) is 13.8 Å². The molecule has 0 bridgehead atoms. The third kappa shape index (κ3) is 1.97. The summed E-state index contributed by atoms with van der Waals surface area (Å²) in [6.45, 7) is 4.70. The van der Waals surface area contributed by atoms with Gasteiger partial charge in [-0.15, -0.1) is 0 Å². The summed E-state index contributed by atoms with van der Waals surface area (Å²) >= 11 is 0. The highest BCUT2D eigenvalue weighted by Crippen LogP contribution is 2.63. The zero-order valence-electron chi connectivity index (χ0n) is 13.6. The Bertz CT molecular complexity index is 458. The highest BCUT2D eigenvalue weighted by Gasteiger charge is 2.58. The summed E-state index contributed by atoms with van der Waals surface area (Å²) in [5, 5.41) is 10.1. The van der Waals surface area contributed by atoms with Gasteiger partial charge in [0.25, 0.3) is 0 Å². The van der Waals surface area contributed by atoms with Crippen molar-refractivity contribution < 1.29 is 9.90 Å². The second kappa shape index (κ2) is 4.57. The van der Waals surface area contributed by atoms with Crippen LogP contribution in [0.5, 0.6) is 0 Å². The summed E-state index contributed by atoms with van der Waals surface area (Å²) in [6.07, 6.45) is 10.2. The Balaban J connectivity index is 1.60. The molecule has 2 heteroatoms. The minimum Gasteiger partial charge on any atom is -0.393 e. The molecule has 0 aromatic carbocycles. The Morgan fingerprint density at radius 1 is 1.10 bits per heavy atom. The minimum absolute atomic E-state index is 0.0170. The summed E-state index contributed by atoms with van der Waals surface area (Å²) in [4.78, 5) is 12.4. The number of hydrogen-bond donors (Lipinski definition) is 1. The van der Waals surface area contributed by atoms with Crippen LogP contribution in [0.3, 0.4) is 0 Å². The molecule has 0 aliphatic heterocycles. The van der Waals surface area contributed by atoms with Gasteiger partial charge in [-0.1, -0.05) is 13.8 Å². The Labute approximate surface area is 128 Å². The fourth-order valence-electron chi connectivity index (χ4n) is 6.88. The molecule has 0 spiro atoms. The first-order valence-corrected chi connectivity index (χ1v) is 9.14. The van der Waals surface area contributed by atoms with Crippen molar-refractivity contribution in [2.45, 2.75) is 77.7 Å². The largest absolute Gasteiger partial charge is 0.393 e. The Hall–Kier alpha value is -0.370. The molecule has 0 saturated heterocycles. The van der Waals surface area contributed by atoms with Crippen molar-refractivity contribution in [3.05, 3.63) is 0 Å². The van der Waals surface area contributed by atoms with E-state index in [1.54, 1.807) is 0 Å². The van der Waals surface area contributed by atoms with Crippen LogP contribution in [0, 0.1) is 34.5 Å². The van der Waals surface area contributed by atoms with Crippen LogP contribution in [0.4, 0.5) is 0 Å². The fraction of sp³-hybridized carbons (Fsp3) is 0.947.